The van der Waals surface area contributed by atoms with Crippen molar-refractivity contribution in [1.29, 1.82) is 0 Å². The Labute approximate surface area is 504 Å². The van der Waals surface area contributed by atoms with Gasteiger partial charge in [-0.25, -0.2) is 0 Å². The number of carbonyl (C=O) groups is 3. The maximum absolute atomic E-state index is 12.9. The molecule has 0 aromatic carbocycles. The average Bonchev–Trinajstić information content (AvgIpc) is 3.46. The van der Waals surface area contributed by atoms with Crippen LogP contribution in [0.3, 0.4) is 0 Å². The highest BCUT2D eigenvalue weighted by atomic mass is 16.6. The third-order valence-corrected chi connectivity index (χ3v) is 16.0. The van der Waals surface area contributed by atoms with Crippen molar-refractivity contribution >= 4 is 17.9 Å². The summed E-state index contributed by atoms with van der Waals surface area (Å²) in [6.07, 6.45) is 89.8. The highest BCUT2D eigenvalue weighted by Gasteiger charge is 2.19. The fourth-order valence-electron chi connectivity index (χ4n) is 10.6. The zero-order chi connectivity index (χ0) is 58.5. The standard InChI is InChI=1S/C75H136O6/c1-4-7-10-13-16-19-22-25-27-29-31-33-34-35-36-37-38-39-40-42-43-45-47-50-53-56-59-62-65-68-74(77)80-71-72(70-79-73(76)67-64-61-58-55-52-49-24-21-18-15-12-9-6-3)81-75(78)69-66-63-60-57-54-51-48-46-44-41-32-30-28-26-23-20-17-14-11-8-5-2/h12,15,21,23-24,26,30,32,44,46,72H,4-11,13-14,16-20,22,25,27-29,31,33-43,45,47-71H2,1-3H3/b15-12-,24-21-,26-23-,32-30-,46-44-. The molecule has 0 aliphatic heterocycles. The summed E-state index contributed by atoms with van der Waals surface area (Å²) < 4.78 is 17.0. The number of carbonyl (C=O) groups excluding carboxylic acids is 3. The summed E-state index contributed by atoms with van der Waals surface area (Å²) in [5, 5.41) is 0. The quantitative estimate of drug-likeness (QED) is 0.0261. The van der Waals surface area contributed by atoms with Crippen molar-refractivity contribution in [3.8, 4) is 0 Å². The second-order valence-electron chi connectivity index (χ2n) is 24.1. The smallest absolute Gasteiger partial charge is 0.306 e. The molecule has 0 amide bonds. The Morgan fingerprint density at radius 2 is 0.469 bits per heavy atom. The fourth-order valence-corrected chi connectivity index (χ4v) is 10.6. The molecule has 0 aromatic rings. The summed E-state index contributed by atoms with van der Waals surface area (Å²) in [4.78, 5) is 38.4. The Hall–Kier alpha value is -2.89. The van der Waals surface area contributed by atoms with Gasteiger partial charge in [-0.1, -0.05) is 338 Å². The van der Waals surface area contributed by atoms with Crippen LogP contribution in [0, 0.1) is 0 Å². The molecule has 0 saturated carbocycles. The van der Waals surface area contributed by atoms with Crippen LogP contribution in [0.1, 0.15) is 380 Å². The lowest BCUT2D eigenvalue weighted by Gasteiger charge is -2.18. The maximum Gasteiger partial charge on any atom is 0.306 e. The third kappa shape index (κ3) is 67.8. The van der Waals surface area contributed by atoms with E-state index in [0.29, 0.717) is 19.3 Å². The molecular weight excluding hydrogens is 997 g/mol. The molecule has 0 heterocycles. The third-order valence-electron chi connectivity index (χ3n) is 16.0. The molecule has 81 heavy (non-hydrogen) atoms. The van der Waals surface area contributed by atoms with Crippen LogP contribution in [0.15, 0.2) is 60.8 Å². The summed E-state index contributed by atoms with van der Waals surface area (Å²) in [5.41, 5.74) is 0. The minimum absolute atomic E-state index is 0.0811. The number of unbranched alkanes of at least 4 members (excludes halogenated alkanes) is 45. The second kappa shape index (κ2) is 69.6. The van der Waals surface area contributed by atoms with Crippen molar-refractivity contribution in [1.82, 2.24) is 0 Å². The molecule has 0 bridgehead atoms. The maximum atomic E-state index is 12.9. The lowest BCUT2D eigenvalue weighted by Crippen LogP contribution is -2.30. The van der Waals surface area contributed by atoms with Crippen molar-refractivity contribution in [2.24, 2.45) is 0 Å². The highest BCUT2D eigenvalue weighted by molar-refractivity contribution is 5.71. The summed E-state index contributed by atoms with van der Waals surface area (Å²) in [6, 6.07) is 0. The van der Waals surface area contributed by atoms with Gasteiger partial charge in [0.1, 0.15) is 13.2 Å². The van der Waals surface area contributed by atoms with Crippen LogP contribution in [0.5, 0.6) is 0 Å². The molecule has 0 aliphatic rings. The molecule has 0 rings (SSSR count). The molecule has 0 N–H and O–H groups in total. The van der Waals surface area contributed by atoms with Gasteiger partial charge in [-0.2, -0.15) is 0 Å². The number of ether oxygens (including phenoxy) is 3. The largest absolute Gasteiger partial charge is 0.462 e. The van der Waals surface area contributed by atoms with Crippen LogP contribution in [0.4, 0.5) is 0 Å². The highest BCUT2D eigenvalue weighted by Crippen LogP contribution is 2.18. The van der Waals surface area contributed by atoms with Gasteiger partial charge in [0.2, 0.25) is 0 Å². The van der Waals surface area contributed by atoms with E-state index < -0.39 is 6.10 Å². The summed E-state index contributed by atoms with van der Waals surface area (Å²) in [7, 11) is 0. The van der Waals surface area contributed by atoms with Crippen molar-refractivity contribution in [2.75, 3.05) is 13.2 Å². The Bertz CT molecular complexity index is 1440. The van der Waals surface area contributed by atoms with E-state index in [9.17, 15) is 14.4 Å². The van der Waals surface area contributed by atoms with E-state index in [1.54, 1.807) is 0 Å². The van der Waals surface area contributed by atoms with Crippen molar-refractivity contribution in [3.63, 3.8) is 0 Å². The molecule has 472 valence electrons. The van der Waals surface area contributed by atoms with E-state index in [0.717, 1.165) is 109 Å². The van der Waals surface area contributed by atoms with Crippen LogP contribution < -0.4 is 0 Å². The number of hydrogen-bond donors (Lipinski definition) is 0. The Kier molecular flexibility index (Phi) is 67.1. The van der Waals surface area contributed by atoms with Gasteiger partial charge in [-0.15, -0.1) is 0 Å². The zero-order valence-electron chi connectivity index (χ0n) is 54.3. The molecule has 0 aliphatic carbocycles. The van der Waals surface area contributed by atoms with E-state index in [-0.39, 0.29) is 31.1 Å². The molecule has 0 saturated heterocycles. The van der Waals surface area contributed by atoms with Gasteiger partial charge in [-0.05, 0) is 83.5 Å². The summed E-state index contributed by atoms with van der Waals surface area (Å²) in [5.74, 6) is -0.887. The van der Waals surface area contributed by atoms with Gasteiger partial charge < -0.3 is 14.2 Å². The molecule has 6 heteroatoms. The van der Waals surface area contributed by atoms with E-state index in [2.05, 4.69) is 81.5 Å². The van der Waals surface area contributed by atoms with Crippen molar-refractivity contribution < 1.29 is 28.6 Å². The number of esters is 3. The first kappa shape index (κ1) is 78.1. The fraction of sp³-hybridized carbons (Fsp3) is 0.827. The number of rotatable bonds is 66. The molecule has 0 fully saturated rings. The van der Waals surface area contributed by atoms with Gasteiger partial charge >= 0.3 is 17.9 Å². The van der Waals surface area contributed by atoms with Gasteiger partial charge in [0.15, 0.2) is 6.10 Å². The monoisotopic (exact) mass is 1130 g/mol. The number of allylic oxidation sites excluding steroid dienone is 10. The first-order chi connectivity index (χ1) is 40.0. The Morgan fingerprint density at radius 1 is 0.247 bits per heavy atom. The first-order valence-electron chi connectivity index (χ1n) is 35.8. The van der Waals surface area contributed by atoms with Crippen molar-refractivity contribution in [3.05, 3.63) is 60.8 Å². The van der Waals surface area contributed by atoms with Gasteiger partial charge in [0, 0.05) is 19.3 Å². The van der Waals surface area contributed by atoms with E-state index in [4.69, 9.17) is 14.2 Å². The van der Waals surface area contributed by atoms with Crippen molar-refractivity contribution in [2.45, 2.75) is 386 Å². The lowest BCUT2D eigenvalue weighted by atomic mass is 10.0. The topological polar surface area (TPSA) is 78.9 Å². The van der Waals surface area contributed by atoms with E-state index in [1.807, 2.05) is 0 Å². The molecule has 1 unspecified atom stereocenters. The molecule has 0 radical (unpaired) electrons. The van der Waals surface area contributed by atoms with Gasteiger partial charge in [-0.3, -0.25) is 14.4 Å². The molecule has 0 spiro atoms. The predicted octanol–water partition coefficient (Wildman–Crippen LogP) is 24.7. The minimum Gasteiger partial charge on any atom is -0.462 e. The summed E-state index contributed by atoms with van der Waals surface area (Å²) >= 11 is 0. The number of hydrogen-bond acceptors (Lipinski definition) is 6. The SMILES string of the molecule is CCC/C=C\C/C=C\CCCCCCCC(=O)OCC(COC(=O)CCCCCCCCCCCCCCCCCCCCCCCCCCCCCCC)OC(=O)CCCCCCCC/C=C\C/C=C\C/C=C\CCCCCCC. The minimum atomic E-state index is -0.788. The first-order valence-corrected chi connectivity index (χ1v) is 35.8. The Balaban J connectivity index is 4.22. The van der Waals surface area contributed by atoms with E-state index >= 15 is 0 Å². The predicted molar refractivity (Wildman–Crippen MR) is 353 cm³/mol. The van der Waals surface area contributed by atoms with Gasteiger partial charge in [0.05, 0.1) is 0 Å². The molecule has 1 atom stereocenters. The zero-order valence-corrected chi connectivity index (χ0v) is 54.3. The average molecular weight is 1130 g/mol. The molecule has 0 aromatic heterocycles. The van der Waals surface area contributed by atoms with Crippen LogP contribution in [0.2, 0.25) is 0 Å². The molecule has 6 nitrogen and oxygen atoms in total. The van der Waals surface area contributed by atoms with Crippen LogP contribution in [0.25, 0.3) is 0 Å². The second-order valence-corrected chi connectivity index (χ2v) is 24.1. The van der Waals surface area contributed by atoms with E-state index in [1.165, 1.54) is 231 Å². The van der Waals surface area contributed by atoms with Crippen LogP contribution in [-0.4, -0.2) is 37.2 Å². The van der Waals surface area contributed by atoms with Gasteiger partial charge in [0.25, 0.3) is 0 Å². The van der Waals surface area contributed by atoms with Crippen LogP contribution in [-0.2, 0) is 28.6 Å². The van der Waals surface area contributed by atoms with Crippen LogP contribution >= 0.6 is 0 Å². The Morgan fingerprint density at radius 3 is 0.741 bits per heavy atom. The molecular formula is C75H136O6. The summed E-state index contributed by atoms with van der Waals surface area (Å²) in [6.45, 7) is 6.60. The normalized spacial score (nSPS) is 12.4. The lowest BCUT2D eigenvalue weighted by molar-refractivity contribution is -0.167.